The topological polar surface area (TPSA) is 61.2 Å². The summed E-state index contributed by atoms with van der Waals surface area (Å²) in [6, 6.07) is 24.6. The second-order valence-corrected chi connectivity index (χ2v) is 8.07. The van der Waals surface area contributed by atoms with Gasteiger partial charge in [0.05, 0.1) is 12.8 Å². The summed E-state index contributed by atoms with van der Waals surface area (Å²) >= 11 is 0. The molecule has 2 aliphatic heterocycles. The molecule has 3 heterocycles. The molecular formula is C26H22N4O2. The maximum atomic E-state index is 6.64. The number of hydrogen-bond donors (Lipinski definition) is 1. The zero-order valence-electron chi connectivity index (χ0n) is 17.8. The lowest BCUT2D eigenvalue weighted by Gasteiger charge is -2.39. The summed E-state index contributed by atoms with van der Waals surface area (Å²) in [6.07, 6.45) is 1.28. The number of anilines is 1. The Hall–Kier alpha value is -4.06. The molecule has 0 spiro atoms. The minimum Gasteiger partial charge on any atom is -0.497 e. The molecule has 0 saturated carbocycles. The molecule has 0 bridgehead atoms. The molecule has 3 aromatic carbocycles. The smallest absolute Gasteiger partial charge is 0.226 e. The average Bonchev–Trinajstić information content (AvgIpc) is 3.31. The number of para-hydroxylation sites is 1. The number of aromatic nitrogens is 3. The van der Waals surface area contributed by atoms with Gasteiger partial charge in [0.15, 0.2) is 0 Å². The lowest BCUT2D eigenvalue weighted by molar-refractivity contribution is 0.222. The molecule has 6 heteroatoms. The number of ether oxygens (including phenoxy) is 2. The molecular weight excluding hydrogens is 400 g/mol. The Morgan fingerprint density at radius 2 is 1.81 bits per heavy atom. The van der Waals surface area contributed by atoms with Crippen LogP contribution in [0.15, 0.2) is 84.7 Å². The highest BCUT2D eigenvalue weighted by atomic mass is 16.5. The van der Waals surface area contributed by atoms with Gasteiger partial charge in [0.1, 0.15) is 30.0 Å². The summed E-state index contributed by atoms with van der Waals surface area (Å²) in [5.74, 6) is 2.35. The number of nitrogens with zero attached hydrogens (tertiary/aromatic N) is 3. The van der Waals surface area contributed by atoms with Crippen LogP contribution in [0.3, 0.4) is 0 Å². The van der Waals surface area contributed by atoms with E-state index in [4.69, 9.17) is 9.47 Å². The fourth-order valence-corrected chi connectivity index (χ4v) is 4.57. The van der Waals surface area contributed by atoms with Crippen molar-refractivity contribution in [3.8, 4) is 11.5 Å². The zero-order chi connectivity index (χ0) is 21.7. The first kappa shape index (κ1) is 18.7. The van der Waals surface area contributed by atoms with E-state index < -0.39 is 0 Å². The van der Waals surface area contributed by atoms with Crippen LogP contribution < -0.4 is 14.8 Å². The third-order valence-corrected chi connectivity index (χ3v) is 6.11. The molecule has 0 fully saturated rings. The van der Waals surface area contributed by atoms with Crippen molar-refractivity contribution in [1.82, 2.24) is 14.8 Å². The largest absolute Gasteiger partial charge is 0.497 e. The predicted molar refractivity (Wildman–Crippen MR) is 123 cm³/mol. The van der Waals surface area contributed by atoms with Crippen molar-refractivity contribution >= 4 is 11.6 Å². The first-order chi connectivity index (χ1) is 15.7. The lowest BCUT2D eigenvalue weighted by atomic mass is 9.84. The molecule has 4 aromatic rings. The standard InChI is InChI=1S/C26H22N4O2/c1-16-10-12-17(13-11-16)24-22-23(29-26-27-15-28-30(24)26)20-8-3-4-9-21(20)32-25(22)18-6-5-7-19(14-18)31-2/h3-15,24-25H,1-2H3,(H,27,28,29). The van der Waals surface area contributed by atoms with Crippen molar-refractivity contribution < 1.29 is 9.47 Å². The van der Waals surface area contributed by atoms with E-state index in [0.29, 0.717) is 0 Å². The highest BCUT2D eigenvalue weighted by Gasteiger charge is 2.40. The van der Waals surface area contributed by atoms with Gasteiger partial charge >= 0.3 is 0 Å². The maximum absolute atomic E-state index is 6.64. The van der Waals surface area contributed by atoms with Crippen molar-refractivity contribution in [1.29, 1.82) is 0 Å². The van der Waals surface area contributed by atoms with E-state index in [0.717, 1.165) is 45.4 Å². The number of nitrogens with one attached hydrogen (secondary N) is 1. The minimum atomic E-state index is -0.314. The van der Waals surface area contributed by atoms with Gasteiger partial charge in [-0.05, 0) is 36.8 Å². The van der Waals surface area contributed by atoms with Gasteiger partial charge in [-0.3, -0.25) is 0 Å². The minimum absolute atomic E-state index is 0.158. The third-order valence-electron chi connectivity index (χ3n) is 6.11. The summed E-state index contributed by atoms with van der Waals surface area (Å²) < 4.78 is 14.1. The molecule has 158 valence electrons. The summed E-state index contributed by atoms with van der Waals surface area (Å²) in [7, 11) is 1.68. The maximum Gasteiger partial charge on any atom is 0.226 e. The van der Waals surface area contributed by atoms with E-state index in [1.165, 1.54) is 5.56 Å². The van der Waals surface area contributed by atoms with Crippen molar-refractivity contribution in [2.75, 3.05) is 12.4 Å². The molecule has 1 N–H and O–H groups in total. The van der Waals surface area contributed by atoms with Crippen LogP contribution in [0.25, 0.3) is 5.70 Å². The van der Waals surface area contributed by atoms with E-state index in [1.54, 1.807) is 13.4 Å². The van der Waals surface area contributed by atoms with Crippen molar-refractivity contribution in [2.24, 2.45) is 0 Å². The molecule has 32 heavy (non-hydrogen) atoms. The molecule has 0 aliphatic carbocycles. The van der Waals surface area contributed by atoms with Crippen molar-refractivity contribution in [3.05, 3.63) is 107 Å². The molecule has 2 unspecified atom stereocenters. The zero-order valence-corrected chi connectivity index (χ0v) is 17.8. The second kappa shape index (κ2) is 7.27. The molecule has 0 radical (unpaired) electrons. The first-order valence-electron chi connectivity index (χ1n) is 10.6. The monoisotopic (exact) mass is 422 g/mol. The number of aryl methyl sites for hydroxylation is 1. The van der Waals surface area contributed by atoms with E-state index in [2.05, 4.69) is 58.7 Å². The van der Waals surface area contributed by atoms with Crippen LogP contribution in [0.2, 0.25) is 0 Å². The van der Waals surface area contributed by atoms with E-state index >= 15 is 0 Å². The van der Waals surface area contributed by atoms with Gasteiger partial charge < -0.3 is 14.8 Å². The van der Waals surface area contributed by atoms with Gasteiger partial charge in [0, 0.05) is 16.7 Å². The predicted octanol–water partition coefficient (Wildman–Crippen LogP) is 5.16. The van der Waals surface area contributed by atoms with Crippen LogP contribution in [-0.4, -0.2) is 21.9 Å². The Morgan fingerprint density at radius 3 is 2.66 bits per heavy atom. The Balaban J connectivity index is 1.62. The Morgan fingerprint density at radius 1 is 0.969 bits per heavy atom. The van der Waals surface area contributed by atoms with Gasteiger partial charge in [0.2, 0.25) is 5.95 Å². The number of hydrogen-bond acceptors (Lipinski definition) is 5. The van der Waals surface area contributed by atoms with Crippen LogP contribution in [0, 0.1) is 6.92 Å². The SMILES string of the molecule is COc1cccc(C2Oc3ccccc3C3=C2C(c2ccc(C)cc2)n2ncnc2N3)c1. The summed E-state index contributed by atoms with van der Waals surface area (Å²) in [4.78, 5) is 4.48. The normalized spacial score (nSPS) is 18.7. The third kappa shape index (κ3) is 2.87. The Labute approximate surface area is 186 Å². The molecule has 6 rings (SSSR count). The average molecular weight is 422 g/mol. The molecule has 0 saturated heterocycles. The van der Waals surface area contributed by atoms with Gasteiger partial charge in [-0.1, -0.05) is 54.1 Å². The van der Waals surface area contributed by atoms with Gasteiger partial charge in [-0.25, -0.2) is 4.68 Å². The number of fused-ring (bicyclic) bond motifs is 3. The van der Waals surface area contributed by atoms with Crippen LogP contribution in [0.5, 0.6) is 11.5 Å². The van der Waals surface area contributed by atoms with Crippen LogP contribution in [0.1, 0.15) is 34.4 Å². The molecule has 1 aromatic heterocycles. The van der Waals surface area contributed by atoms with E-state index in [-0.39, 0.29) is 12.1 Å². The fraction of sp³-hybridized carbons (Fsp3) is 0.154. The van der Waals surface area contributed by atoms with Gasteiger partial charge in [-0.15, -0.1) is 0 Å². The highest BCUT2D eigenvalue weighted by molar-refractivity contribution is 5.85. The summed E-state index contributed by atoms with van der Waals surface area (Å²) in [5.41, 5.74) is 6.50. The molecule has 6 nitrogen and oxygen atoms in total. The molecule has 2 atom stereocenters. The fourth-order valence-electron chi connectivity index (χ4n) is 4.57. The van der Waals surface area contributed by atoms with Gasteiger partial charge in [-0.2, -0.15) is 10.1 Å². The van der Waals surface area contributed by atoms with E-state index in [1.807, 2.05) is 41.1 Å². The quantitative estimate of drug-likeness (QED) is 0.494. The van der Waals surface area contributed by atoms with Crippen LogP contribution >= 0.6 is 0 Å². The van der Waals surface area contributed by atoms with Gasteiger partial charge in [0.25, 0.3) is 0 Å². The van der Waals surface area contributed by atoms with E-state index in [9.17, 15) is 0 Å². The summed E-state index contributed by atoms with van der Waals surface area (Å²) in [5, 5.41) is 8.11. The summed E-state index contributed by atoms with van der Waals surface area (Å²) in [6.45, 7) is 2.09. The molecule has 0 amide bonds. The first-order valence-corrected chi connectivity index (χ1v) is 10.6. The lowest BCUT2D eigenvalue weighted by Crippen LogP contribution is -2.32. The van der Waals surface area contributed by atoms with Crippen molar-refractivity contribution in [3.63, 3.8) is 0 Å². The Bertz CT molecular complexity index is 1340. The number of methoxy groups -OCH3 is 1. The Kier molecular flexibility index (Phi) is 4.24. The van der Waals surface area contributed by atoms with Crippen LogP contribution in [-0.2, 0) is 0 Å². The van der Waals surface area contributed by atoms with Crippen molar-refractivity contribution in [2.45, 2.75) is 19.1 Å². The van der Waals surface area contributed by atoms with Crippen LogP contribution in [0.4, 0.5) is 5.95 Å². The second-order valence-electron chi connectivity index (χ2n) is 8.07. The number of rotatable bonds is 3. The highest BCUT2D eigenvalue weighted by Crippen LogP contribution is 2.50. The number of benzene rings is 3. The molecule has 2 aliphatic rings.